The van der Waals surface area contributed by atoms with Gasteiger partial charge in [-0.05, 0) is 77.0 Å². The molecule has 0 aromatic heterocycles. The molecular weight excluding hydrogens is 671 g/mol. The lowest BCUT2D eigenvalue weighted by molar-refractivity contribution is -0.870. The molecule has 0 aromatic rings. The number of amides is 1. The Kier molecular flexibility index (Phi) is 33.3. The number of likely N-dealkylation sites (N-methyl/N-ethyl adjacent to an activating group) is 1. The third kappa shape index (κ3) is 36.3. The fourth-order valence-corrected chi connectivity index (χ4v) is 5.86. The Hall–Kier alpha value is -2.06. The summed E-state index contributed by atoms with van der Waals surface area (Å²) in [6.45, 7) is 4.43. The van der Waals surface area contributed by atoms with Crippen molar-refractivity contribution in [2.75, 3.05) is 40.9 Å². The molecule has 0 aliphatic rings. The molecule has 0 spiro atoms. The van der Waals surface area contributed by atoms with Crippen LogP contribution in [0.15, 0.2) is 72.9 Å². The molecule has 300 valence electrons. The van der Waals surface area contributed by atoms with E-state index in [1.807, 2.05) is 27.2 Å². The third-order valence-electron chi connectivity index (χ3n) is 8.38. The van der Waals surface area contributed by atoms with E-state index < -0.39 is 26.6 Å². The summed E-state index contributed by atoms with van der Waals surface area (Å²) in [5.41, 5.74) is 0. The van der Waals surface area contributed by atoms with Crippen molar-refractivity contribution in [2.45, 2.75) is 154 Å². The average Bonchev–Trinajstić information content (AvgIpc) is 3.09. The molecule has 8 nitrogen and oxygen atoms in total. The van der Waals surface area contributed by atoms with Gasteiger partial charge in [-0.3, -0.25) is 9.36 Å². The number of unbranched alkanes of at least 4 members (excludes halogenated alkanes) is 12. The van der Waals surface area contributed by atoms with Crippen molar-refractivity contribution >= 4 is 13.7 Å². The maximum atomic E-state index is 12.8. The highest BCUT2D eigenvalue weighted by Gasteiger charge is 2.23. The lowest BCUT2D eigenvalue weighted by atomic mass is 10.1. The quantitative estimate of drug-likeness (QED) is 0.0289. The summed E-state index contributed by atoms with van der Waals surface area (Å²) >= 11 is 0. The predicted octanol–water partition coefficient (Wildman–Crippen LogP) is 10.2. The number of phosphoric ester groups is 1. The molecule has 3 atom stereocenters. The minimum absolute atomic E-state index is 0.0185. The number of carbonyl (C=O) groups excluding carboxylic acids is 1. The number of aliphatic hydroxyl groups is 1. The first kappa shape index (κ1) is 49.9. The van der Waals surface area contributed by atoms with Gasteiger partial charge in [0.1, 0.15) is 13.2 Å². The average molecular weight is 749 g/mol. The smallest absolute Gasteiger partial charge is 0.268 e. The Morgan fingerprint density at radius 1 is 0.692 bits per heavy atom. The number of hydrogen-bond acceptors (Lipinski definition) is 6. The molecule has 0 fully saturated rings. The summed E-state index contributed by atoms with van der Waals surface area (Å²) < 4.78 is 23.1. The molecule has 1 amide bonds. The van der Waals surface area contributed by atoms with Crippen molar-refractivity contribution < 1.29 is 32.9 Å². The second-order valence-corrected chi connectivity index (χ2v) is 16.0. The Morgan fingerprint density at radius 3 is 1.79 bits per heavy atom. The first-order chi connectivity index (χ1) is 25.0. The standard InChI is InChI=1S/C43H77N2O6P/c1-6-8-10-12-14-16-18-20-21-22-23-25-26-28-30-32-34-36-42(46)41(40-51-52(48,49)50-39-38-45(3,4)5)44-43(47)37-35-33-31-29-27-24-19-17-15-13-11-9-7-2/h9,11,15,17,21-22,24,26-28,34,36,41-42,46H,6-8,10,12-14,16,18-20,23,25,29-33,35,37-40H2,1-5H3,(H-,44,47,48,49)/b11-9-,17-15-,22-21+,27-24-,28-26+,36-34+. The van der Waals surface area contributed by atoms with Crippen molar-refractivity contribution in [3.63, 3.8) is 0 Å². The van der Waals surface area contributed by atoms with E-state index in [1.54, 1.807) is 6.08 Å². The fraction of sp³-hybridized carbons (Fsp3) is 0.698. The minimum Gasteiger partial charge on any atom is -0.756 e. The summed E-state index contributed by atoms with van der Waals surface area (Å²) in [4.78, 5) is 25.2. The molecule has 0 saturated carbocycles. The summed E-state index contributed by atoms with van der Waals surface area (Å²) in [5, 5.41) is 13.7. The normalized spacial score (nSPS) is 15.3. The van der Waals surface area contributed by atoms with Crippen molar-refractivity contribution in [1.82, 2.24) is 5.32 Å². The molecular formula is C43H77N2O6P. The number of nitrogens with zero attached hydrogens (tertiary/aromatic N) is 1. The second-order valence-electron chi connectivity index (χ2n) is 14.6. The Balaban J connectivity index is 4.64. The van der Waals surface area contributed by atoms with Crippen LogP contribution in [0.25, 0.3) is 0 Å². The van der Waals surface area contributed by atoms with E-state index in [0.29, 0.717) is 23.9 Å². The first-order valence-corrected chi connectivity index (χ1v) is 21.8. The molecule has 0 aromatic carbocycles. The van der Waals surface area contributed by atoms with E-state index >= 15 is 0 Å². The summed E-state index contributed by atoms with van der Waals surface area (Å²) in [7, 11) is 1.20. The summed E-state index contributed by atoms with van der Waals surface area (Å²) in [6, 6.07) is -0.926. The largest absolute Gasteiger partial charge is 0.756 e. The van der Waals surface area contributed by atoms with Crippen LogP contribution < -0.4 is 10.2 Å². The third-order valence-corrected chi connectivity index (χ3v) is 9.34. The van der Waals surface area contributed by atoms with Gasteiger partial charge in [0.25, 0.3) is 7.82 Å². The van der Waals surface area contributed by atoms with Crippen LogP contribution in [0.2, 0.25) is 0 Å². The lowest BCUT2D eigenvalue weighted by Gasteiger charge is -2.29. The van der Waals surface area contributed by atoms with E-state index in [1.165, 1.54) is 51.4 Å². The monoisotopic (exact) mass is 749 g/mol. The molecule has 0 saturated heterocycles. The van der Waals surface area contributed by atoms with Crippen LogP contribution in [0.4, 0.5) is 0 Å². The van der Waals surface area contributed by atoms with Crippen molar-refractivity contribution in [2.24, 2.45) is 0 Å². The second kappa shape index (κ2) is 34.7. The van der Waals surface area contributed by atoms with Gasteiger partial charge in [-0.25, -0.2) is 0 Å². The Morgan fingerprint density at radius 2 is 1.19 bits per heavy atom. The molecule has 3 unspecified atom stereocenters. The number of phosphoric acid groups is 1. The zero-order chi connectivity index (χ0) is 38.6. The molecule has 0 rings (SSSR count). The number of carbonyl (C=O) groups is 1. The number of hydrogen-bond donors (Lipinski definition) is 2. The number of rotatable bonds is 35. The van der Waals surface area contributed by atoms with E-state index in [-0.39, 0.29) is 12.5 Å². The lowest BCUT2D eigenvalue weighted by Crippen LogP contribution is -2.45. The maximum Gasteiger partial charge on any atom is 0.268 e. The molecule has 52 heavy (non-hydrogen) atoms. The van der Waals surface area contributed by atoms with Crippen molar-refractivity contribution in [3.05, 3.63) is 72.9 Å². The zero-order valence-electron chi connectivity index (χ0n) is 33.7. The molecule has 0 heterocycles. The van der Waals surface area contributed by atoms with Gasteiger partial charge in [0.15, 0.2) is 0 Å². The van der Waals surface area contributed by atoms with E-state index in [4.69, 9.17) is 9.05 Å². The predicted molar refractivity (Wildman–Crippen MR) is 219 cm³/mol. The number of quaternary nitrogens is 1. The molecule has 2 N–H and O–H groups in total. The van der Waals surface area contributed by atoms with Crippen LogP contribution in [0, 0.1) is 0 Å². The molecule has 0 aliphatic heterocycles. The molecule has 0 bridgehead atoms. The van der Waals surface area contributed by atoms with Crippen molar-refractivity contribution in [1.29, 1.82) is 0 Å². The van der Waals surface area contributed by atoms with Crippen LogP contribution >= 0.6 is 7.82 Å². The van der Waals surface area contributed by atoms with Gasteiger partial charge in [-0.1, -0.05) is 132 Å². The van der Waals surface area contributed by atoms with Crippen molar-refractivity contribution in [3.8, 4) is 0 Å². The van der Waals surface area contributed by atoms with Gasteiger partial charge in [-0.2, -0.15) is 0 Å². The SMILES string of the molecule is CC/C=C\C/C=C\C/C=C\CCCCCC(=O)NC(COP(=O)([O-])OCC[N+](C)(C)C)C(O)/C=C/CC/C=C/CC/C=C/CCCCCCCCC. The van der Waals surface area contributed by atoms with Crippen LogP contribution in [-0.4, -0.2) is 68.5 Å². The topological polar surface area (TPSA) is 108 Å². The highest BCUT2D eigenvalue weighted by molar-refractivity contribution is 7.45. The summed E-state index contributed by atoms with van der Waals surface area (Å²) in [5.74, 6) is -0.245. The van der Waals surface area contributed by atoms with Crippen LogP contribution in [0.1, 0.15) is 142 Å². The summed E-state index contributed by atoms with van der Waals surface area (Å²) in [6.07, 6.45) is 45.2. The maximum absolute atomic E-state index is 12.8. The van der Waals surface area contributed by atoms with Gasteiger partial charge in [0.05, 0.1) is 39.9 Å². The van der Waals surface area contributed by atoms with E-state index in [0.717, 1.165) is 64.2 Å². The van der Waals surface area contributed by atoms with Gasteiger partial charge >= 0.3 is 0 Å². The van der Waals surface area contributed by atoms with Crippen LogP contribution in [-0.2, 0) is 18.4 Å². The van der Waals surface area contributed by atoms with Crippen LogP contribution in [0.3, 0.4) is 0 Å². The fourth-order valence-electron chi connectivity index (χ4n) is 5.14. The molecule has 0 radical (unpaired) electrons. The van der Waals surface area contributed by atoms with Gasteiger partial charge in [0, 0.05) is 6.42 Å². The van der Waals surface area contributed by atoms with Crippen LogP contribution in [0.5, 0.6) is 0 Å². The van der Waals surface area contributed by atoms with Gasteiger partial charge < -0.3 is 28.8 Å². The molecule has 0 aliphatic carbocycles. The van der Waals surface area contributed by atoms with E-state index in [2.05, 4.69) is 79.9 Å². The number of nitrogens with one attached hydrogen (secondary N) is 1. The zero-order valence-corrected chi connectivity index (χ0v) is 34.6. The molecule has 9 heteroatoms. The minimum atomic E-state index is -4.61. The number of aliphatic hydroxyl groups excluding tert-OH is 1. The highest BCUT2D eigenvalue weighted by atomic mass is 31.2. The Labute approximate surface area is 319 Å². The van der Waals surface area contributed by atoms with Gasteiger partial charge in [-0.15, -0.1) is 0 Å². The first-order valence-electron chi connectivity index (χ1n) is 20.3. The Bertz CT molecular complexity index is 1080. The highest BCUT2D eigenvalue weighted by Crippen LogP contribution is 2.38. The van der Waals surface area contributed by atoms with E-state index in [9.17, 15) is 19.4 Å². The van der Waals surface area contributed by atoms with Gasteiger partial charge in [0.2, 0.25) is 5.91 Å². The number of allylic oxidation sites excluding steroid dienone is 11.